The Kier molecular flexibility index (Phi) is 5.55. The van der Waals surface area contributed by atoms with E-state index in [1.807, 2.05) is 37.4 Å². The van der Waals surface area contributed by atoms with Crippen molar-refractivity contribution < 1.29 is 14.3 Å². The standard InChI is InChI=1S/C21H19N3O3S2/c1-13-11-17(29-20-22-14(2)12-28-20)7-8-18(13)23-19(25)15-3-5-16(6-4-15)24-9-10-27-21(24)26/h3-8,11-12H,9-10H2,1-2H3,(H,23,25). The number of carbonyl (C=O) groups is 2. The predicted molar refractivity (Wildman–Crippen MR) is 115 cm³/mol. The van der Waals surface area contributed by atoms with Gasteiger partial charge in [0.2, 0.25) is 0 Å². The first kappa shape index (κ1) is 19.5. The molecule has 4 rings (SSSR count). The number of thiazole rings is 1. The molecule has 1 N–H and O–H groups in total. The summed E-state index contributed by atoms with van der Waals surface area (Å²) < 4.78 is 5.94. The fourth-order valence-electron chi connectivity index (χ4n) is 2.94. The van der Waals surface area contributed by atoms with Crippen LogP contribution in [0.15, 0.2) is 57.1 Å². The monoisotopic (exact) mass is 425 g/mol. The molecule has 148 valence electrons. The first-order valence-electron chi connectivity index (χ1n) is 9.06. The van der Waals surface area contributed by atoms with Crippen LogP contribution in [0.25, 0.3) is 0 Å². The zero-order valence-corrected chi connectivity index (χ0v) is 17.6. The number of anilines is 2. The Morgan fingerprint density at radius 3 is 2.62 bits per heavy atom. The lowest BCUT2D eigenvalue weighted by atomic mass is 10.1. The summed E-state index contributed by atoms with van der Waals surface area (Å²) in [6.45, 7) is 4.86. The molecule has 1 saturated heterocycles. The van der Waals surface area contributed by atoms with Gasteiger partial charge in [-0.15, -0.1) is 11.3 Å². The molecule has 3 aromatic rings. The Morgan fingerprint density at radius 2 is 2.00 bits per heavy atom. The summed E-state index contributed by atoms with van der Waals surface area (Å²) in [5, 5.41) is 4.98. The lowest BCUT2D eigenvalue weighted by Gasteiger charge is -2.13. The summed E-state index contributed by atoms with van der Waals surface area (Å²) >= 11 is 3.24. The molecule has 2 amide bonds. The predicted octanol–water partition coefficient (Wildman–Crippen LogP) is 5.12. The fourth-order valence-corrected chi connectivity index (χ4v) is 4.84. The smallest absolute Gasteiger partial charge is 0.414 e. The van der Waals surface area contributed by atoms with Crippen LogP contribution in [-0.4, -0.2) is 30.1 Å². The maximum absolute atomic E-state index is 12.6. The van der Waals surface area contributed by atoms with E-state index in [9.17, 15) is 9.59 Å². The second kappa shape index (κ2) is 8.26. The van der Waals surface area contributed by atoms with Crippen molar-refractivity contribution in [3.8, 4) is 0 Å². The average molecular weight is 426 g/mol. The number of rotatable bonds is 5. The van der Waals surface area contributed by atoms with Gasteiger partial charge in [-0.05, 0) is 61.9 Å². The molecule has 8 heteroatoms. The number of benzene rings is 2. The van der Waals surface area contributed by atoms with Gasteiger partial charge in [0.25, 0.3) is 5.91 Å². The lowest BCUT2D eigenvalue weighted by molar-refractivity contribution is 0.102. The fraction of sp³-hybridized carbons (Fsp3) is 0.190. The highest BCUT2D eigenvalue weighted by molar-refractivity contribution is 8.01. The molecule has 0 unspecified atom stereocenters. The molecular formula is C21H19N3O3S2. The molecule has 29 heavy (non-hydrogen) atoms. The van der Waals surface area contributed by atoms with Gasteiger partial charge in [0.1, 0.15) is 6.61 Å². The van der Waals surface area contributed by atoms with E-state index >= 15 is 0 Å². The Hall–Kier alpha value is -2.84. The van der Waals surface area contributed by atoms with E-state index in [0.717, 1.165) is 31.9 Å². The third-order valence-electron chi connectivity index (χ3n) is 4.45. The molecule has 2 heterocycles. The van der Waals surface area contributed by atoms with E-state index in [-0.39, 0.29) is 12.0 Å². The van der Waals surface area contributed by atoms with Crippen LogP contribution in [0.2, 0.25) is 0 Å². The maximum Gasteiger partial charge on any atom is 0.414 e. The molecule has 1 aliphatic heterocycles. The quantitative estimate of drug-likeness (QED) is 0.614. The van der Waals surface area contributed by atoms with Crippen molar-refractivity contribution in [1.29, 1.82) is 0 Å². The third kappa shape index (κ3) is 4.44. The van der Waals surface area contributed by atoms with Crippen LogP contribution < -0.4 is 10.2 Å². The summed E-state index contributed by atoms with van der Waals surface area (Å²) in [7, 11) is 0. The van der Waals surface area contributed by atoms with Crippen molar-refractivity contribution in [2.45, 2.75) is 23.1 Å². The first-order chi connectivity index (χ1) is 14.0. The van der Waals surface area contributed by atoms with E-state index < -0.39 is 0 Å². The van der Waals surface area contributed by atoms with Gasteiger partial charge in [0, 0.05) is 32.9 Å². The Balaban J connectivity index is 1.43. The molecule has 1 fully saturated rings. The number of carbonyl (C=O) groups excluding carboxylic acids is 2. The second-order valence-electron chi connectivity index (χ2n) is 6.60. The van der Waals surface area contributed by atoms with Crippen LogP contribution in [-0.2, 0) is 4.74 Å². The lowest BCUT2D eigenvalue weighted by Crippen LogP contribution is -2.23. The number of hydrogen-bond acceptors (Lipinski definition) is 6. The third-order valence-corrected chi connectivity index (χ3v) is 6.50. The van der Waals surface area contributed by atoms with Crippen LogP contribution >= 0.6 is 23.1 Å². The molecule has 0 radical (unpaired) electrons. The van der Waals surface area contributed by atoms with Gasteiger partial charge >= 0.3 is 6.09 Å². The van der Waals surface area contributed by atoms with Crippen LogP contribution in [0, 0.1) is 13.8 Å². The summed E-state index contributed by atoms with van der Waals surface area (Å²) in [6, 6.07) is 12.9. The highest BCUT2D eigenvalue weighted by Crippen LogP contribution is 2.32. The van der Waals surface area contributed by atoms with Crippen molar-refractivity contribution in [2.24, 2.45) is 0 Å². The number of aryl methyl sites for hydroxylation is 2. The van der Waals surface area contributed by atoms with Crippen LogP contribution in [0.1, 0.15) is 21.6 Å². The second-order valence-corrected chi connectivity index (χ2v) is 8.78. The molecule has 0 atom stereocenters. The molecule has 1 aromatic heterocycles. The van der Waals surface area contributed by atoms with Crippen LogP contribution in [0.3, 0.4) is 0 Å². The van der Waals surface area contributed by atoms with E-state index in [4.69, 9.17) is 4.74 Å². The summed E-state index contributed by atoms with van der Waals surface area (Å²) in [5.74, 6) is -0.195. The van der Waals surface area contributed by atoms with Gasteiger partial charge in [0.05, 0.1) is 6.54 Å². The molecule has 0 aliphatic carbocycles. The van der Waals surface area contributed by atoms with Gasteiger partial charge in [-0.2, -0.15) is 0 Å². The number of cyclic esters (lactones) is 1. The number of hydrogen-bond donors (Lipinski definition) is 1. The molecule has 1 aliphatic rings. The van der Waals surface area contributed by atoms with Crippen LogP contribution in [0.4, 0.5) is 16.2 Å². The van der Waals surface area contributed by atoms with Crippen molar-refractivity contribution >= 4 is 46.5 Å². The van der Waals surface area contributed by atoms with Crippen molar-refractivity contribution in [1.82, 2.24) is 4.98 Å². The normalized spacial score (nSPS) is 13.4. The van der Waals surface area contributed by atoms with Crippen molar-refractivity contribution in [3.63, 3.8) is 0 Å². The van der Waals surface area contributed by atoms with Gasteiger partial charge in [-0.25, -0.2) is 9.78 Å². The minimum Gasteiger partial charge on any atom is -0.447 e. The van der Waals surface area contributed by atoms with E-state index in [1.165, 1.54) is 0 Å². The van der Waals surface area contributed by atoms with Crippen molar-refractivity contribution in [2.75, 3.05) is 23.4 Å². The van der Waals surface area contributed by atoms with Gasteiger partial charge < -0.3 is 10.1 Å². The Labute approximate surface area is 176 Å². The van der Waals surface area contributed by atoms with Gasteiger partial charge in [-0.1, -0.05) is 11.8 Å². The number of aromatic nitrogens is 1. The molecule has 2 aromatic carbocycles. The van der Waals surface area contributed by atoms with E-state index in [1.54, 1.807) is 52.3 Å². The van der Waals surface area contributed by atoms with E-state index in [0.29, 0.717) is 18.7 Å². The Morgan fingerprint density at radius 1 is 1.21 bits per heavy atom. The SMILES string of the molecule is Cc1csc(Sc2ccc(NC(=O)c3ccc(N4CCOC4=O)cc3)c(C)c2)n1. The number of nitrogens with zero attached hydrogens (tertiary/aromatic N) is 2. The highest BCUT2D eigenvalue weighted by atomic mass is 32.2. The van der Waals surface area contributed by atoms with Crippen LogP contribution in [0.5, 0.6) is 0 Å². The minimum absolute atomic E-state index is 0.195. The maximum atomic E-state index is 12.6. The Bertz CT molecular complexity index is 1060. The average Bonchev–Trinajstić information content (AvgIpc) is 3.32. The first-order valence-corrected chi connectivity index (χ1v) is 10.8. The largest absolute Gasteiger partial charge is 0.447 e. The minimum atomic E-state index is -0.358. The molecule has 0 saturated carbocycles. The molecular weight excluding hydrogens is 406 g/mol. The summed E-state index contributed by atoms with van der Waals surface area (Å²) in [6.07, 6.45) is -0.358. The molecule has 6 nitrogen and oxygen atoms in total. The topological polar surface area (TPSA) is 71.5 Å². The zero-order valence-electron chi connectivity index (χ0n) is 16.0. The zero-order chi connectivity index (χ0) is 20.4. The highest BCUT2D eigenvalue weighted by Gasteiger charge is 2.23. The molecule has 0 spiro atoms. The number of nitrogens with one attached hydrogen (secondary N) is 1. The molecule has 0 bridgehead atoms. The van der Waals surface area contributed by atoms with Gasteiger partial charge in [-0.3, -0.25) is 9.69 Å². The number of amides is 2. The van der Waals surface area contributed by atoms with Crippen molar-refractivity contribution in [3.05, 3.63) is 64.7 Å². The van der Waals surface area contributed by atoms with Gasteiger partial charge in [0.15, 0.2) is 4.34 Å². The number of ether oxygens (including phenoxy) is 1. The summed E-state index contributed by atoms with van der Waals surface area (Å²) in [4.78, 5) is 31.3. The van der Waals surface area contributed by atoms with E-state index in [2.05, 4.69) is 10.3 Å². The summed E-state index contributed by atoms with van der Waals surface area (Å²) in [5.41, 5.74) is 4.01.